The second kappa shape index (κ2) is 6.13. The van der Waals surface area contributed by atoms with Gasteiger partial charge in [0, 0.05) is 32.7 Å². The van der Waals surface area contributed by atoms with Crippen LogP contribution < -0.4 is 11.1 Å². The Morgan fingerprint density at radius 1 is 1.00 bits per heavy atom. The van der Waals surface area contributed by atoms with E-state index in [1.165, 1.54) is 0 Å². The summed E-state index contributed by atoms with van der Waals surface area (Å²) in [6, 6.07) is 20.5. The van der Waals surface area contributed by atoms with Crippen LogP contribution in [-0.4, -0.2) is 4.98 Å². The SMILES string of the molecule is Nc1ccccc1Nc1ccc2ccc[c-]c2n1.[Y]. The summed E-state index contributed by atoms with van der Waals surface area (Å²) in [4.78, 5) is 4.49. The number of hydrogen-bond acceptors (Lipinski definition) is 3. The Morgan fingerprint density at radius 3 is 2.68 bits per heavy atom. The van der Waals surface area contributed by atoms with Crippen LogP contribution in [0.15, 0.2) is 54.6 Å². The molecule has 3 rings (SSSR count). The van der Waals surface area contributed by atoms with Gasteiger partial charge in [-0.25, -0.2) is 0 Å². The topological polar surface area (TPSA) is 50.9 Å². The molecule has 3 nitrogen and oxygen atoms in total. The Morgan fingerprint density at radius 2 is 1.84 bits per heavy atom. The molecule has 0 atom stereocenters. The summed E-state index contributed by atoms with van der Waals surface area (Å²) in [6.07, 6.45) is 0. The summed E-state index contributed by atoms with van der Waals surface area (Å²) >= 11 is 0. The van der Waals surface area contributed by atoms with Crippen molar-refractivity contribution in [2.24, 2.45) is 0 Å². The number of para-hydroxylation sites is 3. The van der Waals surface area contributed by atoms with E-state index in [9.17, 15) is 0 Å². The van der Waals surface area contributed by atoms with Gasteiger partial charge < -0.3 is 11.1 Å². The number of anilines is 3. The van der Waals surface area contributed by atoms with Gasteiger partial charge in [0.15, 0.2) is 0 Å². The zero-order valence-electron chi connectivity index (χ0n) is 10.3. The van der Waals surface area contributed by atoms with Gasteiger partial charge in [0.05, 0.1) is 11.4 Å². The van der Waals surface area contributed by atoms with Crippen LogP contribution in [0.4, 0.5) is 17.2 Å². The number of benzene rings is 2. The van der Waals surface area contributed by atoms with Crippen molar-refractivity contribution in [3.05, 3.63) is 60.7 Å². The van der Waals surface area contributed by atoms with E-state index in [0.717, 1.165) is 22.4 Å². The van der Waals surface area contributed by atoms with Crippen LogP contribution in [0.1, 0.15) is 0 Å². The van der Waals surface area contributed by atoms with E-state index in [1.54, 1.807) is 0 Å². The predicted molar refractivity (Wildman–Crippen MR) is 74.7 cm³/mol. The molecule has 19 heavy (non-hydrogen) atoms. The summed E-state index contributed by atoms with van der Waals surface area (Å²) in [7, 11) is 0. The van der Waals surface area contributed by atoms with E-state index < -0.39 is 0 Å². The summed E-state index contributed by atoms with van der Waals surface area (Å²) in [5.74, 6) is 0.767. The molecule has 0 amide bonds. The van der Waals surface area contributed by atoms with Gasteiger partial charge in [-0.1, -0.05) is 12.1 Å². The Balaban J connectivity index is 0.00000133. The minimum Gasteiger partial charge on any atom is -0.397 e. The first-order valence-electron chi connectivity index (χ1n) is 5.72. The summed E-state index contributed by atoms with van der Waals surface area (Å²) < 4.78 is 0. The first-order chi connectivity index (χ1) is 8.83. The van der Waals surface area contributed by atoms with Crippen LogP contribution in [-0.2, 0) is 32.7 Å². The summed E-state index contributed by atoms with van der Waals surface area (Å²) in [5.41, 5.74) is 8.29. The van der Waals surface area contributed by atoms with Gasteiger partial charge in [0.2, 0.25) is 0 Å². The van der Waals surface area contributed by atoms with E-state index in [0.29, 0.717) is 5.69 Å². The van der Waals surface area contributed by atoms with E-state index in [2.05, 4.69) is 16.4 Å². The van der Waals surface area contributed by atoms with Crippen LogP contribution in [0, 0.1) is 6.07 Å². The molecule has 2 aromatic carbocycles. The molecule has 0 saturated carbocycles. The fourth-order valence-corrected chi connectivity index (χ4v) is 1.82. The first-order valence-corrected chi connectivity index (χ1v) is 5.72. The van der Waals surface area contributed by atoms with E-state index in [-0.39, 0.29) is 32.7 Å². The van der Waals surface area contributed by atoms with Crippen molar-refractivity contribution in [2.45, 2.75) is 0 Å². The number of rotatable bonds is 2. The molecule has 0 aliphatic carbocycles. The molecule has 0 bridgehead atoms. The van der Waals surface area contributed by atoms with Gasteiger partial charge in [-0.2, -0.15) is 24.3 Å². The molecular formula is C15H12N3Y-. The molecule has 91 valence electrons. The number of pyridine rings is 1. The van der Waals surface area contributed by atoms with Gasteiger partial charge >= 0.3 is 0 Å². The number of nitrogens with two attached hydrogens (primary N) is 1. The van der Waals surface area contributed by atoms with Crippen molar-refractivity contribution >= 4 is 28.1 Å². The number of aromatic nitrogens is 1. The van der Waals surface area contributed by atoms with Crippen molar-refractivity contribution in [1.29, 1.82) is 0 Å². The third-order valence-electron chi connectivity index (χ3n) is 2.74. The second-order valence-corrected chi connectivity index (χ2v) is 4.02. The molecule has 0 fully saturated rings. The van der Waals surface area contributed by atoms with Gasteiger partial charge in [0.25, 0.3) is 0 Å². The molecule has 1 radical (unpaired) electrons. The van der Waals surface area contributed by atoms with E-state index >= 15 is 0 Å². The maximum Gasteiger partial charge on any atom is 0.127 e. The Kier molecular flexibility index (Phi) is 4.51. The van der Waals surface area contributed by atoms with Crippen molar-refractivity contribution in [2.75, 3.05) is 11.1 Å². The van der Waals surface area contributed by atoms with Gasteiger partial charge in [-0.05, 0) is 23.7 Å². The van der Waals surface area contributed by atoms with Gasteiger partial charge in [-0.3, -0.25) is 4.98 Å². The van der Waals surface area contributed by atoms with Crippen molar-refractivity contribution < 1.29 is 32.7 Å². The number of nitrogens with one attached hydrogen (secondary N) is 1. The molecule has 0 aliphatic rings. The first kappa shape index (κ1) is 14.0. The van der Waals surface area contributed by atoms with Gasteiger partial charge in [-0.15, -0.1) is 11.5 Å². The monoisotopic (exact) mass is 323 g/mol. The molecule has 3 N–H and O–H groups in total. The molecule has 4 heteroatoms. The maximum absolute atomic E-state index is 5.88. The molecule has 1 heterocycles. The fourth-order valence-electron chi connectivity index (χ4n) is 1.82. The standard InChI is InChI=1S/C15H12N3.Y/c16-12-6-2-4-8-14(12)18-15-10-9-11-5-1-3-7-13(11)17-15;/h1-6,8-10H,16H2,(H,17,18);/q-1;. The molecule has 0 spiro atoms. The maximum atomic E-state index is 5.88. The number of hydrogen-bond donors (Lipinski definition) is 2. The molecular weight excluding hydrogens is 311 g/mol. The number of nitrogens with zero attached hydrogens (tertiary/aromatic N) is 1. The summed E-state index contributed by atoms with van der Waals surface area (Å²) in [5, 5.41) is 4.28. The molecule has 1 aromatic heterocycles. The third kappa shape index (κ3) is 3.11. The van der Waals surface area contributed by atoms with Crippen LogP contribution >= 0.6 is 0 Å². The summed E-state index contributed by atoms with van der Waals surface area (Å²) in [6.45, 7) is 0. The molecule has 0 saturated heterocycles. The predicted octanol–water partition coefficient (Wildman–Crippen LogP) is 3.36. The largest absolute Gasteiger partial charge is 0.397 e. The van der Waals surface area contributed by atoms with Crippen molar-refractivity contribution in [3.63, 3.8) is 0 Å². The number of fused-ring (bicyclic) bond motifs is 1. The Hall–Kier alpha value is -1.45. The molecule has 0 aliphatic heterocycles. The van der Waals surface area contributed by atoms with Crippen molar-refractivity contribution in [3.8, 4) is 0 Å². The molecule has 3 aromatic rings. The fraction of sp³-hybridized carbons (Fsp3) is 0. The second-order valence-electron chi connectivity index (χ2n) is 4.02. The minimum atomic E-state index is 0. The molecule has 0 unspecified atom stereocenters. The third-order valence-corrected chi connectivity index (χ3v) is 2.74. The smallest absolute Gasteiger partial charge is 0.127 e. The normalized spacial score (nSPS) is 9.89. The zero-order chi connectivity index (χ0) is 12.4. The van der Waals surface area contributed by atoms with Crippen molar-refractivity contribution in [1.82, 2.24) is 4.98 Å². The minimum absolute atomic E-state index is 0. The Bertz CT molecular complexity index is 698. The average Bonchev–Trinajstić information content (AvgIpc) is 2.41. The van der Waals surface area contributed by atoms with E-state index in [4.69, 9.17) is 5.73 Å². The van der Waals surface area contributed by atoms with E-state index in [1.807, 2.05) is 54.6 Å². The van der Waals surface area contributed by atoms with Gasteiger partial charge in [0.1, 0.15) is 5.82 Å². The van der Waals surface area contributed by atoms with Crippen LogP contribution in [0.3, 0.4) is 0 Å². The van der Waals surface area contributed by atoms with Crippen LogP contribution in [0.2, 0.25) is 0 Å². The Labute approximate surface area is 137 Å². The number of nitrogen functional groups attached to an aromatic ring is 1. The quantitative estimate of drug-likeness (QED) is 0.562. The van der Waals surface area contributed by atoms with Crippen LogP contribution in [0.25, 0.3) is 10.9 Å². The van der Waals surface area contributed by atoms with Crippen LogP contribution in [0.5, 0.6) is 0 Å². The average molecular weight is 323 g/mol. The zero-order valence-corrected chi connectivity index (χ0v) is 13.1.